The van der Waals surface area contributed by atoms with Gasteiger partial charge in [-0.15, -0.1) is 0 Å². The molecule has 0 aliphatic heterocycles. The second-order valence-electron chi connectivity index (χ2n) is 5.52. The van der Waals surface area contributed by atoms with E-state index in [-0.39, 0.29) is 0 Å². The minimum Gasteiger partial charge on any atom is -0.378 e. The van der Waals surface area contributed by atoms with Crippen molar-refractivity contribution in [1.29, 1.82) is 0 Å². The van der Waals surface area contributed by atoms with Crippen molar-refractivity contribution in [3.63, 3.8) is 0 Å². The Kier molecular flexibility index (Phi) is 3.86. The summed E-state index contributed by atoms with van der Waals surface area (Å²) < 4.78 is 0. The zero-order valence-electron chi connectivity index (χ0n) is 13.1. The average Bonchev–Trinajstić information content (AvgIpc) is 2.67. The Labute approximate surface area is 140 Å². The molecule has 0 amide bonds. The number of para-hydroxylation sites is 1. The molecule has 4 aromatic rings. The van der Waals surface area contributed by atoms with Crippen LogP contribution in [0.3, 0.4) is 0 Å². The number of hydrogen-bond acceptors (Lipinski definition) is 4. The summed E-state index contributed by atoms with van der Waals surface area (Å²) in [5, 5.41) is 4.47. The van der Waals surface area contributed by atoms with Crippen molar-refractivity contribution in [1.82, 2.24) is 15.0 Å². The van der Waals surface area contributed by atoms with Crippen molar-refractivity contribution in [2.75, 3.05) is 5.32 Å². The Morgan fingerprint density at radius 1 is 0.792 bits per heavy atom. The fourth-order valence-corrected chi connectivity index (χ4v) is 2.70. The SMILES string of the molecule is c1cncc(NCc2ccc3cccc(-c4cccnc4)c3n2)c1. The Bertz CT molecular complexity index is 953. The Morgan fingerprint density at radius 2 is 1.67 bits per heavy atom. The lowest BCUT2D eigenvalue weighted by molar-refractivity contribution is 1.06. The van der Waals surface area contributed by atoms with Gasteiger partial charge in [-0.3, -0.25) is 15.0 Å². The molecule has 4 heteroatoms. The molecule has 3 heterocycles. The normalized spacial score (nSPS) is 10.7. The molecule has 4 rings (SSSR count). The number of pyridine rings is 3. The largest absolute Gasteiger partial charge is 0.378 e. The fraction of sp³-hybridized carbons (Fsp3) is 0.0500. The predicted octanol–water partition coefficient (Wildman–Crippen LogP) is 4.30. The first-order valence-corrected chi connectivity index (χ1v) is 7.83. The van der Waals surface area contributed by atoms with Crippen LogP contribution in [-0.4, -0.2) is 15.0 Å². The lowest BCUT2D eigenvalue weighted by atomic mass is 10.0. The van der Waals surface area contributed by atoms with E-state index in [2.05, 4.69) is 51.7 Å². The van der Waals surface area contributed by atoms with Crippen LogP contribution in [0.25, 0.3) is 22.0 Å². The van der Waals surface area contributed by atoms with E-state index in [1.165, 1.54) is 0 Å². The van der Waals surface area contributed by atoms with Gasteiger partial charge in [-0.05, 0) is 24.3 Å². The van der Waals surface area contributed by atoms with E-state index in [1.54, 1.807) is 12.4 Å². The fourth-order valence-electron chi connectivity index (χ4n) is 2.70. The van der Waals surface area contributed by atoms with Crippen LogP contribution < -0.4 is 5.32 Å². The quantitative estimate of drug-likeness (QED) is 0.610. The first kappa shape index (κ1) is 14.3. The maximum atomic E-state index is 4.86. The van der Waals surface area contributed by atoms with Crippen molar-refractivity contribution >= 4 is 16.6 Å². The first-order valence-electron chi connectivity index (χ1n) is 7.83. The smallest absolute Gasteiger partial charge is 0.0784 e. The van der Waals surface area contributed by atoms with Gasteiger partial charge in [-0.1, -0.05) is 30.3 Å². The van der Waals surface area contributed by atoms with Gasteiger partial charge in [-0.25, -0.2) is 0 Å². The van der Waals surface area contributed by atoms with Crippen molar-refractivity contribution in [2.45, 2.75) is 6.54 Å². The average molecular weight is 312 g/mol. The summed E-state index contributed by atoms with van der Waals surface area (Å²) in [5.41, 5.74) is 5.15. The van der Waals surface area contributed by atoms with Gasteiger partial charge < -0.3 is 5.32 Å². The summed E-state index contributed by atoms with van der Waals surface area (Å²) in [5.74, 6) is 0. The van der Waals surface area contributed by atoms with Crippen LogP contribution in [0.1, 0.15) is 5.69 Å². The molecule has 0 radical (unpaired) electrons. The molecule has 0 fully saturated rings. The summed E-state index contributed by atoms with van der Waals surface area (Å²) in [6, 6.07) is 18.3. The monoisotopic (exact) mass is 312 g/mol. The molecule has 4 nitrogen and oxygen atoms in total. The molecule has 0 aliphatic rings. The molecule has 0 saturated heterocycles. The minimum absolute atomic E-state index is 0.656. The van der Waals surface area contributed by atoms with E-state index in [0.29, 0.717) is 6.54 Å². The van der Waals surface area contributed by atoms with Gasteiger partial charge in [0.15, 0.2) is 0 Å². The van der Waals surface area contributed by atoms with Gasteiger partial charge >= 0.3 is 0 Å². The molecule has 0 aliphatic carbocycles. The highest BCUT2D eigenvalue weighted by Crippen LogP contribution is 2.26. The molecular formula is C20H16N4. The van der Waals surface area contributed by atoms with E-state index in [0.717, 1.165) is 33.4 Å². The van der Waals surface area contributed by atoms with Crippen LogP contribution in [0.2, 0.25) is 0 Å². The number of aromatic nitrogens is 3. The molecule has 0 atom stereocenters. The van der Waals surface area contributed by atoms with Gasteiger partial charge in [0.1, 0.15) is 0 Å². The molecule has 0 spiro atoms. The maximum absolute atomic E-state index is 4.86. The second-order valence-corrected chi connectivity index (χ2v) is 5.52. The number of anilines is 1. The van der Waals surface area contributed by atoms with Gasteiger partial charge in [0.25, 0.3) is 0 Å². The highest BCUT2D eigenvalue weighted by Gasteiger charge is 2.06. The third-order valence-electron chi connectivity index (χ3n) is 3.89. The Morgan fingerprint density at radius 3 is 2.46 bits per heavy atom. The van der Waals surface area contributed by atoms with Gasteiger partial charge in [-0.2, -0.15) is 0 Å². The van der Waals surface area contributed by atoms with E-state index < -0.39 is 0 Å². The highest BCUT2D eigenvalue weighted by molar-refractivity contribution is 5.93. The van der Waals surface area contributed by atoms with E-state index >= 15 is 0 Å². The summed E-state index contributed by atoms with van der Waals surface area (Å²) in [6.45, 7) is 0.656. The Hall–Kier alpha value is -3.27. The van der Waals surface area contributed by atoms with Gasteiger partial charge in [0.2, 0.25) is 0 Å². The number of fused-ring (bicyclic) bond motifs is 1. The summed E-state index contributed by atoms with van der Waals surface area (Å²) >= 11 is 0. The third-order valence-corrected chi connectivity index (χ3v) is 3.89. The topological polar surface area (TPSA) is 50.7 Å². The van der Waals surface area contributed by atoms with E-state index in [4.69, 9.17) is 4.98 Å². The maximum Gasteiger partial charge on any atom is 0.0784 e. The van der Waals surface area contributed by atoms with Gasteiger partial charge in [0, 0.05) is 41.3 Å². The number of nitrogens with one attached hydrogen (secondary N) is 1. The van der Waals surface area contributed by atoms with Gasteiger partial charge in [0.05, 0.1) is 23.4 Å². The van der Waals surface area contributed by atoms with Crippen LogP contribution in [0.15, 0.2) is 79.4 Å². The van der Waals surface area contributed by atoms with E-state index in [9.17, 15) is 0 Å². The lowest BCUT2D eigenvalue weighted by Crippen LogP contribution is -2.02. The van der Waals surface area contributed by atoms with Crippen molar-refractivity contribution in [3.05, 3.63) is 85.1 Å². The van der Waals surface area contributed by atoms with Crippen molar-refractivity contribution < 1.29 is 0 Å². The second kappa shape index (κ2) is 6.46. The number of nitrogens with zero attached hydrogens (tertiary/aromatic N) is 3. The first-order chi connectivity index (χ1) is 11.9. The number of hydrogen-bond donors (Lipinski definition) is 1. The number of rotatable bonds is 4. The minimum atomic E-state index is 0.656. The molecule has 1 N–H and O–H groups in total. The Balaban J connectivity index is 1.69. The molecule has 0 bridgehead atoms. The zero-order chi connectivity index (χ0) is 16.2. The van der Waals surface area contributed by atoms with E-state index in [1.807, 2.05) is 30.6 Å². The molecule has 1 aromatic carbocycles. The van der Waals surface area contributed by atoms with Crippen molar-refractivity contribution in [3.8, 4) is 11.1 Å². The highest BCUT2D eigenvalue weighted by atomic mass is 14.9. The molecular weight excluding hydrogens is 296 g/mol. The summed E-state index contributed by atoms with van der Waals surface area (Å²) in [7, 11) is 0. The van der Waals surface area contributed by atoms with Crippen LogP contribution in [0.5, 0.6) is 0 Å². The third kappa shape index (κ3) is 2.94. The molecule has 0 saturated carbocycles. The zero-order valence-corrected chi connectivity index (χ0v) is 13.1. The summed E-state index contributed by atoms with van der Waals surface area (Å²) in [6.07, 6.45) is 7.23. The predicted molar refractivity (Wildman–Crippen MR) is 96.5 cm³/mol. The standard InChI is InChI=1S/C20H16N4/c1-4-15-8-9-18(14-23-17-6-3-11-22-13-17)24-20(15)19(7-1)16-5-2-10-21-12-16/h1-13,23H,14H2. The lowest BCUT2D eigenvalue weighted by Gasteiger charge is -2.09. The molecule has 0 unspecified atom stereocenters. The van der Waals surface area contributed by atoms with Crippen LogP contribution in [0.4, 0.5) is 5.69 Å². The molecule has 3 aromatic heterocycles. The molecule has 116 valence electrons. The van der Waals surface area contributed by atoms with Crippen LogP contribution in [0, 0.1) is 0 Å². The molecule has 24 heavy (non-hydrogen) atoms. The van der Waals surface area contributed by atoms with Crippen LogP contribution >= 0.6 is 0 Å². The van der Waals surface area contributed by atoms with Crippen molar-refractivity contribution in [2.24, 2.45) is 0 Å². The summed E-state index contributed by atoms with van der Waals surface area (Å²) in [4.78, 5) is 13.2. The van der Waals surface area contributed by atoms with Crippen LogP contribution in [-0.2, 0) is 6.54 Å². The number of benzene rings is 1.